The smallest absolute Gasteiger partial charge is 0.171 e. The van der Waals surface area contributed by atoms with Crippen LogP contribution in [0.3, 0.4) is 0 Å². The lowest BCUT2D eigenvalue weighted by Gasteiger charge is -2.30. The fourth-order valence-corrected chi connectivity index (χ4v) is 12.7. The fourth-order valence-electron chi connectivity index (χ4n) is 12.7. The van der Waals surface area contributed by atoms with Crippen molar-refractivity contribution in [3.8, 4) is 11.4 Å². The summed E-state index contributed by atoms with van der Waals surface area (Å²) < 4.78 is 5.13. The lowest BCUT2D eigenvalue weighted by atomic mass is 9.82. The van der Waals surface area contributed by atoms with Crippen LogP contribution in [0.15, 0.2) is 198 Å². The van der Waals surface area contributed by atoms with Crippen LogP contribution in [0, 0.1) is 5.92 Å². The summed E-state index contributed by atoms with van der Waals surface area (Å²) >= 11 is 0. The molecule has 0 amide bonds. The summed E-state index contributed by atoms with van der Waals surface area (Å²) in [5.74, 6) is 2.11. The van der Waals surface area contributed by atoms with E-state index in [0.717, 1.165) is 46.2 Å². The van der Waals surface area contributed by atoms with Crippen LogP contribution in [-0.2, 0) is 21.7 Å². The third-order valence-corrected chi connectivity index (χ3v) is 17.5. The van der Waals surface area contributed by atoms with Crippen molar-refractivity contribution < 1.29 is 0 Å². The standard InChI is InChI=1S/C75H79N5/c1-46-24-18-20-28-53(46)55-30-22-32-57(67(55)79-63-38-34-49(72(3,4)5)42-59(63)60-43-50(73(6,7)8)35-39-64(60)79)70-76-69(48-26-16-15-17-27-48)77-71(78-70)58-33-23-31-56(54-29-21-19-25-47(54)2)68(58)80-65-40-36-51(74(9,10)11)44-61(65)62-45-52(75(12,13)14)37-41-66(62)80/h15-28,30-46,53-54,71H,29H2,1-14H3,(H,76,77,78). The first-order valence-corrected chi connectivity index (χ1v) is 29.2. The van der Waals surface area contributed by atoms with E-state index in [1.54, 1.807) is 0 Å². The van der Waals surface area contributed by atoms with E-state index < -0.39 is 6.17 Å². The Hall–Kier alpha value is -7.76. The van der Waals surface area contributed by atoms with Gasteiger partial charge in [0.05, 0.1) is 33.4 Å². The molecule has 3 heterocycles. The van der Waals surface area contributed by atoms with Gasteiger partial charge in [-0.05, 0) is 129 Å². The van der Waals surface area contributed by atoms with Crippen LogP contribution < -0.4 is 5.32 Å². The molecule has 0 radical (unpaired) electrons. The third kappa shape index (κ3) is 9.30. The van der Waals surface area contributed by atoms with E-state index in [4.69, 9.17) is 9.98 Å². The van der Waals surface area contributed by atoms with Crippen LogP contribution >= 0.6 is 0 Å². The molecule has 0 bridgehead atoms. The van der Waals surface area contributed by atoms with Crippen LogP contribution in [-0.4, -0.2) is 20.8 Å². The zero-order valence-electron chi connectivity index (χ0n) is 49.6. The average molecular weight is 1050 g/mol. The second kappa shape index (κ2) is 19.5. The Kier molecular flexibility index (Phi) is 12.9. The number of allylic oxidation sites excluding steroid dienone is 8. The molecule has 4 unspecified atom stereocenters. The first kappa shape index (κ1) is 52.9. The molecule has 2 aromatic heterocycles. The van der Waals surface area contributed by atoms with Crippen molar-refractivity contribution in [2.75, 3.05) is 0 Å². The minimum absolute atomic E-state index is 0.0332. The predicted molar refractivity (Wildman–Crippen MR) is 342 cm³/mol. The second-order valence-corrected chi connectivity index (χ2v) is 27.2. The molecule has 0 spiro atoms. The number of aliphatic imine (C=N–C) groups is 2. The molecule has 7 aromatic carbocycles. The molecule has 0 fully saturated rings. The van der Waals surface area contributed by atoms with E-state index in [-0.39, 0.29) is 39.4 Å². The maximum absolute atomic E-state index is 5.99. The molecular weight excluding hydrogens is 971 g/mol. The summed E-state index contributed by atoms with van der Waals surface area (Å²) in [7, 11) is 0. The Labute approximate surface area is 475 Å². The molecule has 9 aromatic rings. The summed E-state index contributed by atoms with van der Waals surface area (Å²) in [6.45, 7) is 32.5. The van der Waals surface area contributed by atoms with E-state index in [2.05, 4.69) is 293 Å². The Morgan fingerprint density at radius 2 is 0.925 bits per heavy atom. The van der Waals surface area contributed by atoms with Crippen LogP contribution in [0.25, 0.3) is 55.0 Å². The molecule has 4 atom stereocenters. The van der Waals surface area contributed by atoms with Gasteiger partial charge in [-0.1, -0.05) is 223 Å². The SMILES string of the molecule is CC1=CC=CCC1c1cccc(C2N=C(c3ccccc3)NC(c3cccc(C4C=CC=CC4C)c3-n3c4ccc(C(C)(C)C)cc4c4cc(C(C)(C)C)ccc43)=N2)c1-n1c2ccc(C(C)(C)C)cc2c2cc(C(C)(C)C)ccc21. The molecule has 5 heteroatoms. The van der Waals surface area contributed by atoms with Gasteiger partial charge in [-0.2, -0.15) is 0 Å². The van der Waals surface area contributed by atoms with Crippen LogP contribution in [0.4, 0.5) is 0 Å². The first-order chi connectivity index (χ1) is 38.0. The number of rotatable bonds is 7. The molecule has 2 aliphatic carbocycles. The van der Waals surface area contributed by atoms with Gasteiger partial charge >= 0.3 is 0 Å². The Morgan fingerprint density at radius 1 is 0.463 bits per heavy atom. The van der Waals surface area contributed by atoms with Crippen LogP contribution in [0.1, 0.15) is 171 Å². The summed E-state index contributed by atoms with van der Waals surface area (Å²) in [6, 6.07) is 53.2. The van der Waals surface area contributed by atoms with Crippen molar-refractivity contribution in [2.24, 2.45) is 15.9 Å². The molecule has 0 saturated heterocycles. The molecule has 12 rings (SSSR count). The third-order valence-electron chi connectivity index (χ3n) is 17.5. The van der Waals surface area contributed by atoms with E-state index in [1.807, 2.05) is 0 Å². The molecular formula is C75H79N5. The van der Waals surface area contributed by atoms with Gasteiger partial charge < -0.3 is 14.5 Å². The highest BCUT2D eigenvalue weighted by Crippen LogP contribution is 2.47. The summed E-state index contributed by atoms with van der Waals surface area (Å²) in [5.41, 5.74) is 19.1. The minimum atomic E-state index is -0.621. The second-order valence-electron chi connectivity index (χ2n) is 27.2. The Morgan fingerprint density at radius 3 is 1.43 bits per heavy atom. The number of fused-ring (bicyclic) bond motifs is 6. The van der Waals surface area contributed by atoms with Gasteiger partial charge in [-0.25, -0.2) is 9.98 Å². The number of para-hydroxylation sites is 2. The molecule has 80 heavy (non-hydrogen) atoms. The zero-order chi connectivity index (χ0) is 56.2. The summed E-state index contributed by atoms with van der Waals surface area (Å²) in [6.07, 6.45) is 16.3. The number of amidine groups is 2. The van der Waals surface area contributed by atoms with Crippen molar-refractivity contribution in [3.05, 3.63) is 238 Å². The maximum Gasteiger partial charge on any atom is 0.171 e. The number of aromatic nitrogens is 2. The van der Waals surface area contributed by atoms with Gasteiger partial charge in [-0.3, -0.25) is 0 Å². The molecule has 404 valence electrons. The van der Waals surface area contributed by atoms with Crippen molar-refractivity contribution in [1.82, 2.24) is 14.5 Å². The maximum atomic E-state index is 5.99. The van der Waals surface area contributed by atoms with Crippen LogP contribution in [0.5, 0.6) is 0 Å². The fraction of sp³-hybridized carbons (Fsp3) is 0.307. The quantitative estimate of drug-likeness (QED) is 0.170. The highest BCUT2D eigenvalue weighted by molar-refractivity contribution is 6.18. The minimum Gasteiger partial charge on any atom is -0.324 e. The molecule has 5 nitrogen and oxygen atoms in total. The lowest BCUT2D eigenvalue weighted by molar-refractivity contribution is 0.590. The first-order valence-electron chi connectivity index (χ1n) is 29.2. The zero-order valence-corrected chi connectivity index (χ0v) is 49.6. The van der Waals surface area contributed by atoms with E-state index in [9.17, 15) is 0 Å². The number of hydrogen-bond donors (Lipinski definition) is 1. The Balaban J connectivity index is 1.17. The summed E-state index contributed by atoms with van der Waals surface area (Å²) in [5, 5.41) is 8.99. The van der Waals surface area contributed by atoms with E-state index in [1.165, 1.54) is 82.6 Å². The van der Waals surface area contributed by atoms with Gasteiger partial charge in [-0.15, -0.1) is 0 Å². The highest BCUT2D eigenvalue weighted by atomic mass is 15.2. The normalized spacial score (nSPS) is 19.0. The topological polar surface area (TPSA) is 46.6 Å². The summed E-state index contributed by atoms with van der Waals surface area (Å²) in [4.78, 5) is 11.7. The molecule has 1 N–H and O–H groups in total. The monoisotopic (exact) mass is 1050 g/mol. The van der Waals surface area contributed by atoms with Crippen LogP contribution in [0.2, 0.25) is 0 Å². The molecule has 0 saturated carbocycles. The van der Waals surface area contributed by atoms with Crippen molar-refractivity contribution in [2.45, 2.75) is 143 Å². The average Bonchev–Trinajstić information content (AvgIpc) is 3.10. The van der Waals surface area contributed by atoms with E-state index >= 15 is 0 Å². The number of benzene rings is 7. The number of hydrogen-bond acceptors (Lipinski definition) is 3. The molecule has 1 aliphatic heterocycles. The number of nitrogens with one attached hydrogen (secondary N) is 1. The van der Waals surface area contributed by atoms with Crippen molar-refractivity contribution in [1.29, 1.82) is 0 Å². The van der Waals surface area contributed by atoms with Gasteiger partial charge in [0.25, 0.3) is 0 Å². The lowest BCUT2D eigenvalue weighted by Crippen LogP contribution is -2.37. The number of nitrogens with zero attached hydrogens (tertiary/aromatic N) is 4. The van der Waals surface area contributed by atoms with Gasteiger partial charge in [0.1, 0.15) is 11.7 Å². The Bertz CT molecular complexity index is 3990. The molecule has 3 aliphatic rings. The predicted octanol–water partition coefficient (Wildman–Crippen LogP) is 19.4. The van der Waals surface area contributed by atoms with Gasteiger partial charge in [0.15, 0.2) is 6.17 Å². The van der Waals surface area contributed by atoms with Gasteiger partial charge in [0, 0.05) is 50.1 Å². The van der Waals surface area contributed by atoms with Gasteiger partial charge in [0.2, 0.25) is 0 Å². The van der Waals surface area contributed by atoms with Crippen molar-refractivity contribution >= 4 is 55.3 Å². The highest BCUT2D eigenvalue weighted by Gasteiger charge is 2.33. The van der Waals surface area contributed by atoms with E-state index in [0.29, 0.717) is 0 Å². The van der Waals surface area contributed by atoms with Crippen molar-refractivity contribution in [3.63, 3.8) is 0 Å². The largest absolute Gasteiger partial charge is 0.324 e.